The van der Waals surface area contributed by atoms with E-state index in [1.807, 2.05) is 13.8 Å². The molecule has 0 unspecified atom stereocenters. The summed E-state index contributed by atoms with van der Waals surface area (Å²) in [7, 11) is 0. The first-order valence-electron chi connectivity index (χ1n) is 5.40. The molecule has 1 aromatic rings. The maximum Gasteiger partial charge on any atom is 0.224 e. The molecule has 0 aromatic heterocycles. The number of rotatable bonds is 4. The van der Waals surface area contributed by atoms with Crippen LogP contribution < -0.4 is 5.32 Å². The Labute approximate surface area is 95.9 Å². The number of nitrogens with one attached hydrogen (secondary N) is 1. The normalized spacial score (nSPS) is 10.2. The maximum atomic E-state index is 11.5. The van der Waals surface area contributed by atoms with Gasteiger partial charge in [0, 0.05) is 17.7 Å². The van der Waals surface area contributed by atoms with Gasteiger partial charge in [0.1, 0.15) is 0 Å². The van der Waals surface area contributed by atoms with E-state index < -0.39 is 0 Å². The summed E-state index contributed by atoms with van der Waals surface area (Å²) in [6.07, 6.45) is 0.490. The second kappa shape index (κ2) is 5.45. The van der Waals surface area contributed by atoms with Crippen molar-refractivity contribution in [3.8, 4) is 0 Å². The molecule has 0 bridgehead atoms. The molecule has 0 saturated heterocycles. The number of ketones is 1. The van der Waals surface area contributed by atoms with Crippen LogP contribution >= 0.6 is 0 Å². The first-order chi connectivity index (χ1) is 7.49. The quantitative estimate of drug-likeness (QED) is 0.791. The van der Waals surface area contributed by atoms with Crippen molar-refractivity contribution in [2.75, 3.05) is 5.32 Å². The zero-order chi connectivity index (χ0) is 12.1. The lowest BCUT2D eigenvalue weighted by Gasteiger charge is -2.07. The van der Waals surface area contributed by atoms with E-state index in [0.29, 0.717) is 23.6 Å². The molecule has 16 heavy (non-hydrogen) atoms. The van der Waals surface area contributed by atoms with Gasteiger partial charge >= 0.3 is 0 Å². The molecule has 0 atom stereocenters. The van der Waals surface area contributed by atoms with Crippen molar-refractivity contribution in [1.29, 1.82) is 0 Å². The fraction of sp³-hybridized carbons (Fsp3) is 0.385. The second-order valence-corrected chi connectivity index (χ2v) is 4.28. The molecule has 86 valence electrons. The lowest BCUT2D eigenvalue weighted by molar-refractivity contribution is -0.116. The summed E-state index contributed by atoms with van der Waals surface area (Å²) in [5.41, 5.74) is 1.29. The Balaban J connectivity index is 2.70. The number of hydrogen-bond donors (Lipinski definition) is 1. The van der Waals surface area contributed by atoms with Crippen molar-refractivity contribution in [3.63, 3.8) is 0 Å². The molecule has 0 spiro atoms. The number of anilines is 1. The molecule has 0 saturated carbocycles. The Morgan fingerprint density at radius 1 is 1.31 bits per heavy atom. The van der Waals surface area contributed by atoms with Crippen molar-refractivity contribution in [2.45, 2.75) is 27.2 Å². The number of amides is 1. The van der Waals surface area contributed by atoms with E-state index in [4.69, 9.17) is 0 Å². The number of benzene rings is 1. The van der Waals surface area contributed by atoms with Gasteiger partial charge in [0.05, 0.1) is 0 Å². The predicted octanol–water partition coefficient (Wildman–Crippen LogP) is 2.87. The number of carbonyl (C=O) groups excluding carboxylic acids is 2. The highest BCUT2D eigenvalue weighted by Gasteiger charge is 2.06. The molecule has 0 heterocycles. The summed E-state index contributed by atoms with van der Waals surface area (Å²) < 4.78 is 0. The maximum absolute atomic E-state index is 11.5. The van der Waals surface area contributed by atoms with Gasteiger partial charge in [-0.15, -0.1) is 0 Å². The minimum atomic E-state index is -0.0179. The van der Waals surface area contributed by atoms with Gasteiger partial charge in [-0.1, -0.05) is 26.0 Å². The molecule has 1 rings (SSSR count). The van der Waals surface area contributed by atoms with Crippen molar-refractivity contribution in [3.05, 3.63) is 29.8 Å². The van der Waals surface area contributed by atoms with Gasteiger partial charge in [-0.25, -0.2) is 0 Å². The van der Waals surface area contributed by atoms with Crippen LogP contribution in [0.5, 0.6) is 0 Å². The topological polar surface area (TPSA) is 46.2 Å². The molecule has 0 radical (unpaired) electrons. The van der Waals surface area contributed by atoms with Crippen LogP contribution in [-0.2, 0) is 4.79 Å². The Bertz CT molecular complexity index is 397. The van der Waals surface area contributed by atoms with Crippen LogP contribution in [0.15, 0.2) is 24.3 Å². The van der Waals surface area contributed by atoms with Crippen LogP contribution in [0.4, 0.5) is 5.69 Å². The Hall–Kier alpha value is -1.64. The van der Waals surface area contributed by atoms with Gasteiger partial charge in [-0.05, 0) is 25.0 Å². The van der Waals surface area contributed by atoms with Crippen LogP contribution in [0, 0.1) is 5.92 Å². The van der Waals surface area contributed by atoms with Gasteiger partial charge in [-0.3, -0.25) is 9.59 Å². The van der Waals surface area contributed by atoms with Crippen molar-refractivity contribution < 1.29 is 9.59 Å². The number of Topliss-reactive ketones (excluding diaryl/α,β-unsaturated/α-hetero) is 1. The molecule has 1 N–H and O–H groups in total. The van der Waals surface area contributed by atoms with E-state index in [-0.39, 0.29) is 11.7 Å². The number of hydrogen-bond acceptors (Lipinski definition) is 2. The first-order valence-corrected chi connectivity index (χ1v) is 5.40. The minimum absolute atomic E-state index is 0.0000384. The molecule has 0 aliphatic rings. The minimum Gasteiger partial charge on any atom is -0.326 e. The summed E-state index contributed by atoms with van der Waals surface area (Å²) in [5, 5.41) is 2.78. The summed E-state index contributed by atoms with van der Waals surface area (Å²) in [6, 6.07) is 6.98. The fourth-order valence-corrected chi connectivity index (χ4v) is 1.40. The molecular weight excluding hydrogens is 202 g/mol. The summed E-state index contributed by atoms with van der Waals surface area (Å²) in [5.74, 6) is 0.312. The highest BCUT2D eigenvalue weighted by Crippen LogP contribution is 2.12. The summed E-state index contributed by atoms with van der Waals surface area (Å²) >= 11 is 0. The van der Waals surface area contributed by atoms with Gasteiger partial charge < -0.3 is 5.32 Å². The smallest absolute Gasteiger partial charge is 0.224 e. The van der Waals surface area contributed by atoms with Crippen LogP contribution in [-0.4, -0.2) is 11.7 Å². The third-order valence-electron chi connectivity index (χ3n) is 2.15. The van der Waals surface area contributed by atoms with E-state index in [1.165, 1.54) is 6.92 Å². The van der Waals surface area contributed by atoms with Gasteiger partial charge in [0.25, 0.3) is 0 Å². The Kier molecular flexibility index (Phi) is 4.23. The Morgan fingerprint density at radius 3 is 2.56 bits per heavy atom. The molecular formula is C13H17NO2. The predicted molar refractivity (Wildman–Crippen MR) is 64.5 cm³/mol. The fourth-order valence-electron chi connectivity index (χ4n) is 1.40. The van der Waals surface area contributed by atoms with Crippen LogP contribution in [0.25, 0.3) is 0 Å². The lowest BCUT2D eigenvalue weighted by atomic mass is 10.1. The zero-order valence-electron chi connectivity index (χ0n) is 9.91. The van der Waals surface area contributed by atoms with Crippen molar-refractivity contribution in [2.24, 2.45) is 5.92 Å². The van der Waals surface area contributed by atoms with E-state index in [1.54, 1.807) is 24.3 Å². The average molecular weight is 219 g/mol. The second-order valence-electron chi connectivity index (χ2n) is 4.28. The van der Waals surface area contributed by atoms with E-state index in [0.717, 1.165) is 0 Å². The van der Waals surface area contributed by atoms with Crippen LogP contribution in [0.2, 0.25) is 0 Å². The highest BCUT2D eigenvalue weighted by molar-refractivity contribution is 5.97. The first kappa shape index (κ1) is 12.4. The SMILES string of the molecule is CC(=O)c1cccc(NC(=O)CC(C)C)c1. The van der Waals surface area contributed by atoms with Crippen molar-refractivity contribution in [1.82, 2.24) is 0 Å². The monoisotopic (exact) mass is 219 g/mol. The zero-order valence-corrected chi connectivity index (χ0v) is 9.91. The molecule has 0 fully saturated rings. The van der Waals surface area contributed by atoms with Crippen molar-refractivity contribution >= 4 is 17.4 Å². The summed E-state index contributed by atoms with van der Waals surface area (Å²) in [4.78, 5) is 22.7. The Morgan fingerprint density at radius 2 is 2.00 bits per heavy atom. The standard InChI is InChI=1S/C13H17NO2/c1-9(2)7-13(16)14-12-6-4-5-11(8-12)10(3)15/h4-6,8-9H,7H2,1-3H3,(H,14,16). The van der Waals surface area contributed by atoms with E-state index in [2.05, 4.69) is 5.32 Å². The number of carbonyl (C=O) groups is 2. The molecule has 0 aliphatic heterocycles. The van der Waals surface area contributed by atoms with Crippen LogP contribution in [0.1, 0.15) is 37.6 Å². The van der Waals surface area contributed by atoms with E-state index in [9.17, 15) is 9.59 Å². The molecule has 3 heteroatoms. The van der Waals surface area contributed by atoms with Gasteiger partial charge in [-0.2, -0.15) is 0 Å². The van der Waals surface area contributed by atoms with Crippen LogP contribution in [0.3, 0.4) is 0 Å². The van der Waals surface area contributed by atoms with Gasteiger partial charge in [0.2, 0.25) is 5.91 Å². The molecule has 1 amide bonds. The van der Waals surface area contributed by atoms with Gasteiger partial charge in [0.15, 0.2) is 5.78 Å². The lowest BCUT2D eigenvalue weighted by Crippen LogP contribution is -2.14. The average Bonchev–Trinajstić information content (AvgIpc) is 2.16. The largest absolute Gasteiger partial charge is 0.326 e. The third kappa shape index (κ3) is 3.85. The third-order valence-corrected chi connectivity index (χ3v) is 2.15. The molecule has 3 nitrogen and oxygen atoms in total. The highest BCUT2D eigenvalue weighted by atomic mass is 16.1. The molecule has 0 aliphatic carbocycles. The van der Waals surface area contributed by atoms with E-state index >= 15 is 0 Å². The molecule has 1 aromatic carbocycles. The summed E-state index contributed by atoms with van der Waals surface area (Å²) in [6.45, 7) is 5.49.